The molecule has 1 fully saturated rings. The molecule has 0 radical (unpaired) electrons. The number of furan rings is 1. The fourth-order valence-corrected chi connectivity index (χ4v) is 4.80. The van der Waals surface area contributed by atoms with Gasteiger partial charge in [0.05, 0.1) is 12.9 Å². The van der Waals surface area contributed by atoms with Crippen LogP contribution in [0.2, 0.25) is 0 Å². The standard InChI is InChI=1S/C20H25N3O6S/c1-3-28-16-9-8-15(13-18(16)30(26,27)23-10-4-5-11-23)22-19(24)14(2)21-20(25)17-7-6-12-29-17/h6-9,12-14H,3-5,10-11H2,1-2H3,(H,21,25)(H,22,24). The molecule has 1 aliphatic heterocycles. The molecule has 1 aromatic heterocycles. The summed E-state index contributed by atoms with van der Waals surface area (Å²) in [7, 11) is -3.74. The first-order chi connectivity index (χ1) is 14.3. The van der Waals surface area contributed by atoms with Crippen LogP contribution < -0.4 is 15.4 Å². The summed E-state index contributed by atoms with van der Waals surface area (Å²) < 4.78 is 38.0. The quantitative estimate of drug-likeness (QED) is 0.656. The van der Waals surface area contributed by atoms with Gasteiger partial charge in [-0.15, -0.1) is 0 Å². The van der Waals surface area contributed by atoms with Crippen molar-refractivity contribution in [2.24, 2.45) is 0 Å². The molecule has 2 N–H and O–H groups in total. The van der Waals surface area contributed by atoms with E-state index in [1.165, 1.54) is 35.7 Å². The van der Waals surface area contributed by atoms with Gasteiger partial charge < -0.3 is 19.8 Å². The molecule has 3 rings (SSSR count). The predicted octanol–water partition coefficient (Wildman–Crippen LogP) is 2.22. The van der Waals surface area contributed by atoms with Crippen molar-refractivity contribution in [2.75, 3.05) is 25.0 Å². The van der Waals surface area contributed by atoms with Crippen LogP contribution in [0.3, 0.4) is 0 Å². The number of amides is 2. The maximum absolute atomic E-state index is 13.0. The van der Waals surface area contributed by atoms with E-state index in [2.05, 4.69) is 10.6 Å². The van der Waals surface area contributed by atoms with Crippen molar-refractivity contribution >= 4 is 27.5 Å². The molecule has 0 aliphatic carbocycles. The number of nitrogens with zero attached hydrogens (tertiary/aromatic N) is 1. The molecular weight excluding hydrogens is 410 g/mol. The van der Waals surface area contributed by atoms with Crippen molar-refractivity contribution in [3.8, 4) is 5.75 Å². The number of rotatable bonds is 8. The number of carbonyl (C=O) groups is 2. The van der Waals surface area contributed by atoms with E-state index in [9.17, 15) is 18.0 Å². The van der Waals surface area contributed by atoms with Crippen molar-refractivity contribution in [1.82, 2.24) is 9.62 Å². The maximum Gasteiger partial charge on any atom is 0.287 e. The zero-order chi connectivity index (χ0) is 21.7. The highest BCUT2D eigenvalue weighted by molar-refractivity contribution is 7.89. The number of sulfonamides is 1. The zero-order valence-corrected chi connectivity index (χ0v) is 17.7. The molecule has 30 heavy (non-hydrogen) atoms. The van der Waals surface area contributed by atoms with Gasteiger partial charge in [-0.05, 0) is 57.0 Å². The van der Waals surface area contributed by atoms with Gasteiger partial charge in [0, 0.05) is 18.8 Å². The Morgan fingerprint density at radius 3 is 2.60 bits per heavy atom. The van der Waals surface area contributed by atoms with Crippen LogP contribution in [0.25, 0.3) is 0 Å². The molecular formula is C20H25N3O6S. The van der Waals surface area contributed by atoms with Crippen LogP contribution in [-0.2, 0) is 14.8 Å². The Labute approximate surface area is 175 Å². The summed E-state index contributed by atoms with van der Waals surface area (Å²) in [5.74, 6) is -0.688. The first-order valence-electron chi connectivity index (χ1n) is 9.75. The van der Waals surface area contributed by atoms with Gasteiger partial charge in [0.1, 0.15) is 16.7 Å². The lowest BCUT2D eigenvalue weighted by atomic mass is 10.2. The van der Waals surface area contributed by atoms with Gasteiger partial charge in [-0.1, -0.05) is 0 Å². The van der Waals surface area contributed by atoms with Crippen LogP contribution in [0.4, 0.5) is 5.69 Å². The van der Waals surface area contributed by atoms with Crippen molar-refractivity contribution in [3.05, 3.63) is 42.4 Å². The molecule has 9 nitrogen and oxygen atoms in total. The van der Waals surface area contributed by atoms with E-state index in [1.807, 2.05) is 0 Å². The monoisotopic (exact) mass is 435 g/mol. The number of hydrogen-bond donors (Lipinski definition) is 2. The number of benzene rings is 1. The Bertz CT molecular complexity index is 998. The lowest BCUT2D eigenvalue weighted by Crippen LogP contribution is -2.41. The largest absolute Gasteiger partial charge is 0.492 e. The first kappa shape index (κ1) is 21.8. The van der Waals surface area contributed by atoms with Crippen LogP contribution >= 0.6 is 0 Å². The molecule has 1 aliphatic rings. The summed E-state index contributed by atoms with van der Waals surface area (Å²) in [4.78, 5) is 24.5. The van der Waals surface area contributed by atoms with Gasteiger partial charge >= 0.3 is 0 Å². The highest BCUT2D eigenvalue weighted by Gasteiger charge is 2.30. The molecule has 10 heteroatoms. The fraction of sp³-hybridized carbons (Fsp3) is 0.400. The molecule has 2 aromatic rings. The summed E-state index contributed by atoms with van der Waals surface area (Å²) in [5, 5.41) is 5.17. The lowest BCUT2D eigenvalue weighted by molar-refractivity contribution is -0.117. The number of nitrogens with one attached hydrogen (secondary N) is 2. The van der Waals surface area contributed by atoms with Crippen molar-refractivity contribution in [3.63, 3.8) is 0 Å². The zero-order valence-electron chi connectivity index (χ0n) is 16.9. The minimum atomic E-state index is -3.74. The SMILES string of the molecule is CCOc1ccc(NC(=O)C(C)NC(=O)c2ccco2)cc1S(=O)(=O)N1CCCC1. The molecule has 1 atom stereocenters. The number of ether oxygens (including phenoxy) is 1. The van der Waals surface area contributed by atoms with E-state index < -0.39 is 27.9 Å². The van der Waals surface area contributed by atoms with Gasteiger partial charge in [0.15, 0.2) is 5.76 Å². The smallest absolute Gasteiger partial charge is 0.287 e. The van der Waals surface area contributed by atoms with E-state index in [0.717, 1.165) is 12.8 Å². The van der Waals surface area contributed by atoms with Crippen LogP contribution in [0, 0.1) is 0 Å². The average molecular weight is 436 g/mol. The van der Waals surface area contributed by atoms with Crippen LogP contribution in [-0.4, -0.2) is 50.3 Å². The Balaban J connectivity index is 1.77. The average Bonchev–Trinajstić information content (AvgIpc) is 3.43. The third kappa shape index (κ3) is 4.82. The summed E-state index contributed by atoms with van der Waals surface area (Å²) >= 11 is 0. The minimum Gasteiger partial charge on any atom is -0.492 e. The summed E-state index contributed by atoms with van der Waals surface area (Å²) in [6, 6.07) is 6.66. The third-order valence-electron chi connectivity index (χ3n) is 4.68. The molecule has 0 saturated carbocycles. The molecule has 1 saturated heterocycles. The minimum absolute atomic E-state index is 0.0105. The van der Waals surface area contributed by atoms with Crippen LogP contribution in [0.1, 0.15) is 37.2 Å². The normalized spacial score (nSPS) is 15.5. The predicted molar refractivity (Wildman–Crippen MR) is 110 cm³/mol. The van der Waals surface area contributed by atoms with Gasteiger partial charge in [0.25, 0.3) is 5.91 Å². The fourth-order valence-electron chi connectivity index (χ4n) is 3.12. The third-order valence-corrected chi connectivity index (χ3v) is 6.60. The van der Waals surface area contributed by atoms with Gasteiger partial charge in [0.2, 0.25) is 15.9 Å². The molecule has 0 spiro atoms. The number of anilines is 1. The van der Waals surface area contributed by atoms with Crippen molar-refractivity contribution in [1.29, 1.82) is 0 Å². The first-order valence-corrected chi connectivity index (χ1v) is 11.2. The molecule has 1 aromatic carbocycles. The Morgan fingerprint density at radius 1 is 1.23 bits per heavy atom. The second-order valence-corrected chi connectivity index (χ2v) is 8.77. The molecule has 1 unspecified atom stereocenters. The molecule has 162 valence electrons. The van der Waals surface area contributed by atoms with Gasteiger partial charge in [-0.2, -0.15) is 4.31 Å². The van der Waals surface area contributed by atoms with Crippen LogP contribution in [0.5, 0.6) is 5.75 Å². The number of carbonyl (C=O) groups excluding carboxylic acids is 2. The van der Waals surface area contributed by atoms with E-state index in [1.54, 1.807) is 19.1 Å². The number of hydrogen-bond acceptors (Lipinski definition) is 6. The summed E-state index contributed by atoms with van der Waals surface area (Å²) in [5.41, 5.74) is 0.292. The summed E-state index contributed by atoms with van der Waals surface area (Å²) in [6.07, 6.45) is 2.99. The van der Waals surface area contributed by atoms with Crippen LogP contribution in [0.15, 0.2) is 45.9 Å². The second kappa shape index (κ2) is 9.31. The van der Waals surface area contributed by atoms with Crippen molar-refractivity contribution < 1.29 is 27.2 Å². The molecule has 2 heterocycles. The van der Waals surface area contributed by atoms with E-state index in [0.29, 0.717) is 25.4 Å². The van der Waals surface area contributed by atoms with Crippen molar-refractivity contribution in [2.45, 2.75) is 37.6 Å². The molecule has 2 amide bonds. The Kier molecular flexibility index (Phi) is 6.78. The maximum atomic E-state index is 13.0. The second-order valence-electron chi connectivity index (χ2n) is 6.87. The Hall–Kier alpha value is -2.85. The topological polar surface area (TPSA) is 118 Å². The Morgan fingerprint density at radius 2 is 1.97 bits per heavy atom. The highest BCUT2D eigenvalue weighted by Crippen LogP contribution is 2.31. The van der Waals surface area contributed by atoms with E-state index in [-0.39, 0.29) is 16.4 Å². The summed E-state index contributed by atoms with van der Waals surface area (Å²) in [6.45, 7) is 4.52. The highest BCUT2D eigenvalue weighted by atomic mass is 32.2. The molecule has 0 bridgehead atoms. The van der Waals surface area contributed by atoms with Gasteiger partial charge in [-0.3, -0.25) is 9.59 Å². The van der Waals surface area contributed by atoms with Gasteiger partial charge in [-0.25, -0.2) is 8.42 Å². The van der Waals surface area contributed by atoms with E-state index in [4.69, 9.17) is 9.15 Å². The van der Waals surface area contributed by atoms with E-state index >= 15 is 0 Å². The lowest BCUT2D eigenvalue weighted by Gasteiger charge is -2.19.